The summed E-state index contributed by atoms with van der Waals surface area (Å²) >= 11 is 0. The molecule has 0 saturated heterocycles. The summed E-state index contributed by atoms with van der Waals surface area (Å²) in [5.41, 5.74) is 3.05. The third-order valence-corrected chi connectivity index (χ3v) is 3.76. The van der Waals surface area contributed by atoms with E-state index in [0.717, 1.165) is 16.7 Å². The first-order valence-corrected chi connectivity index (χ1v) is 7.37. The maximum atomic E-state index is 11.7. The van der Waals surface area contributed by atoms with Crippen LogP contribution >= 0.6 is 0 Å². The maximum Gasteiger partial charge on any atom is 0.331 e. The highest BCUT2D eigenvalue weighted by atomic mass is 16.6. The largest absolute Gasteiger partial charge is 0.452 e. The van der Waals surface area contributed by atoms with E-state index in [9.17, 15) is 4.79 Å². The molecule has 1 heterocycles. The minimum atomic E-state index is -0.361. The lowest BCUT2D eigenvalue weighted by molar-refractivity contribution is -0.139. The fraction of sp³-hybridized carbons (Fsp3) is 0.353. The predicted molar refractivity (Wildman–Crippen MR) is 80.7 cm³/mol. The van der Waals surface area contributed by atoms with Crippen molar-refractivity contribution in [2.24, 2.45) is 5.92 Å². The van der Waals surface area contributed by atoms with Gasteiger partial charge in [0.15, 0.2) is 6.61 Å². The first-order chi connectivity index (χ1) is 10.6. The molecule has 1 aliphatic rings. The Bertz CT molecular complexity index is 714. The number of hydrogen-bond donors (Lipinski definition) is 0. The van der Waals surface area contributed by atoms with Crippen molar-refractivity contribution in [2.45, 2.75) is 33.3 Å². The number of hydrogen-bond acceptors (Lipinski definition) is 5. The van der Waals surface area contributed by atoms with Gasteiger partial charge in [-0.25, -0.2) is 4.79 Å². The van der Waals surface area contributed by atoms with Crippen LogP contribution in [0.1, 0.15) is 31.2 Å². The van der Waals surface area contributed by atoms with Gasteiger partial charge in [0.1, 0.15) is 0 Å². The zero-order valence-corrected chi connectivity index (χ0v) is 12.7. The van der Waals surface area contributed by atoms with Crippen molar-refractivity contribution in [3.8, 4) is 11.4 Å². The summed E-state index contributed by atoms with van der Waals surface area (Å²) in [5, 5.41) is 3.93. The van der Waals surface area contributed by atoms with Crippen molar-refractivity contribution in [1.29, 1.82) is 0 Å². The Morgan fingerprint density at radius 1 is 1.41 bits per heavy atom. The Labute approximate surface area is 129 Å². The molecule has 0 atom stereocenters. The van der Waals surface area contributed by atoms with E-state index in [4.69, 9.17) is 9.26 Å². The molecule has 0 spiro atoms. The Balaban J connectivity index is 1.61. The van der Waals surface area contributed by atoms with Gasteiger partial charge in [0, 0.05) is 11.6 Å². The first-order valence-electron chi connectivity index (χ1n) is 7.37. The molecule has 0 radical (unpaired) electrons. The molecule has 0 N–H and O–H groups in total. The molecule has 1 fully saturated rings. The molecular weight excluding hydrogens is 280 g/mol. The molecule has 3 rings (SSSR count). The molecule has 114 valence electrons. The summed E-state index contributed by atoms with van der Waals surface area (Å²) in [4.78, 5) is 16.0. The normalized spacial score (nSPS) is 14.9. The van der Waals surface area contributed by atoms with Gasteiger partial charge in [-0.05, 0) is 38.2 Å². The molecule has 5 nitrogen and oxygen atoms in total. The fourth-order valence-electron chi connectivity index (χ4n) is 2.26. The van der Waals surface area contributed by atoms with Gasteiger partial charge in [0.2, 0.25) is 5.82 Å². The molecule has 5 heteroatoms. The molecule has 0 bridgehead atoms. The maximum absolute atomic E-state index is 11.7. The third-order valence-electron chi connectivity index (χ3n) is 3.76. The summed E-state index contributed by atoms with van der Waals surface area (Å²) in [6.45, 7) is 3.94. The Kier molecular flexibility index (Phi) is 4.04. The molecule has 0 unspecified atom stereocenters. The van der Waals surface area contributed by atoms with Crippen molar-refractivity contribution in [1.82, 2.24) is 10.1 Å². The average molecular weight is 298 g/mol. The van der Waals surface area contributed by atoms with Crippen LogP contribution in [0, 0.1) is 12.8 Å². The highest BCUT2D eigenvalue weighted by molar-refractivity contribution is 5.82. The lowest BCUT2D eigenvalue weighted by atomic mass is 10.1. The van der Waals surface area contributed by atoms with E-state index in [1.54, 1.807) is 6.08 Å². The van der Waals surface area contributed by atoms with E-state index in [1.807, 2.05) is 38.1 Å². The van der Waals surface area contributed by atoms with Crippen LogP contribution < -0.4 is 0 Å². The number of carbonyl (C=O) groups excluding carboxylic acids is 1. The molecule has 2 aromatic rings. The number of carbonyl (C=O) groups is 1. The lowest BCUT2D eigenvalue weighted by Crippen LogP contribution is -2.02. The Hall–Kier alpha value is -2.43. The van der Waals surface area contributed by atoms with Crippen molar-refractivity contribution < 1.29 is 14.1 Å². The SMILES string of the molecule is C/C(=C\C(=O)OCc1nc(-c2ccccc2C)no1)C1CC1. The molecule has 1 aromatic carbocycles. The standard InChI is InChI=1S/C17H18N2O3/c1-11-5-3-4-6-14(11)17-18-15(22-19-17)10-21-16(20)9-12(2)13-7-8-13/h3-6,9,13H,7-8,10H2,1-2H3/b12-9+. The van der Waals surface area contributed by atoms with Crippen molar-refractivity contribution in [3.63, 3.8) is 0 Å². The van der Waals surface area contributed by atoms with Gasteiger partial charge >= 0.3 is 5.97 Å². The van der Waals surface area contributed by atoms with Crippen LogP contribution in [0.25, 0.3) is 11.4 Å². The zero-order chi connectivity index (χ0) is 15.5. The van der Waals surface area contributed by atoms with Gasteiger partial charge in [-0.2, -0.15) is 4.98 Å². The second-order valence-corrected chi connectivity index (χ2v) is 5.60. The van der Waals surface area contributed by atoms with Crippen LogP contribution in [0.3, 0.4) is 0 Å². The Morgan fingerprint density at radius 2 is 2.18 bits per heavy atom. The predicted octanol–water partition coefficient (Wildman–Crippen LogP) is 3.44. The van der Waals surface area contributed by atoms with Gasteiger partial charge in [-0.1, -0.05) is 35.0 Å². The fourth-order valence-corrected chi connectivity index (χ4v) is 2.26. The number of ether oxygens (including phenoxy) is 1. The van der Waals surface area contributed by atoms with Crippen molar-refractivity contribution in [2.75, 3.05) is 0 Å². The van der Waals surface area contributed by atoms with Crippen LogP contribution in [0.4, 0.5) is 0 Å². The second kappa shape index (κ2) is 6.13. The second-order valence-electron chi connectivity index (χ2n) is 5.60. The number of aromatic nitrogens is 2. The highest BCUT2D eigenvalue weighted by Gasteiger charge is 2.23. The van der Waals surface area contributed by atoms with Gasteiger partial charge in [0.05, 0.1) is 0 Å². The number of rotatable bonds is 5. The van der Waals surface area contributed by atoms with Crippen molar-refractivity contribution >= 4 is 5.97 Å². The number of allylic oxidation sites excluding steroid dienone is 1. The summed E-state index contributed by atoms with van der Waals surface area (Å²) in [6.07, 6.45) is 3.88. The Morgan fingerprint density at radius 3 is 2.91 bits per heavy atom. The molecule has 22 heavy (non-hydrogen) atoms. The number of nitrogens with zero attached hydrogens (tertiary/aromatic N) is 2. The van der Waals surface area contributed by atoms with Crippen molar-refractivity contribution in [3.05, 3.63) is 47.4 Å². The smallest absolute Gasteiger partial charge is 0.331 e. The lowest BCUT2D eigenvalue weighted by Gasteiger charge is -1.99. The van der Waals surface area contributed by atoms with Crippen LogP contribution in [0.15, 0.2) is 40.4 Å². The van der Waals surface area contributed by atoms with E-state index < -0.39 is 0 Å². The summed E-state index contributed by atoms with van der Waals surface area (Å²) in [5.74, 6) is 1.00. The minimum absolute atomic E-state index is 0.00778. The molecule has 0 amide bonds. The van der Waals surface area contributed by atoms with E-state index in [2.05, 4.69) is 10.1 Å². The average Bonchev–Trinajstić information content (AvgIpc) is 3.25. The van der Waals surface area contributed by atoms with E-state index in [0.29, 0.717) is 17.6 Å². The van der Waals surface area contributed by atoms with Gasteiger partial charge in [-0.3, -0.25) is 0 Å². The quantitative estimate of drug-likeness (QED) is 0.625. The summed E-state index contributed by atoms with van der Waals surface area (Å²) in [7, 11) is 0. The van der Waals surface area contributed by atoms with Gasteiger partial charge in [-0.15, -0.1) is 0 Å². The third kappa shape index (κ3) is 3.42. The monoisotopic (exact) mass is 298 g/mol. The molecular formula is C17H18N2O3. The van der Waals surface area contributed by atoms with Gasteiger partial charge in [0.25, 0.3) is 5.89 Å². The first kappa shape index (κ1) is 14.5. The number of benzene rings is 1. The summed E-state index contributed by atoms with van der Waals surface area (Å²) in [6, 6.07) is 7.79. The number of aryl methyl sites for hydroxylation is 1. The van der Waals surface area contributed by atoms with E-state index >= 15 is 0 Å². The van der Waals surface area contributed by atoms with E-state index in [1.165, 1.54) is 12.8 Å². The minimum Gasteiger partial charge on any atom is -0.452 e. The molecule has 1 aromatic heterocycles. The number of esters is 1. The summed E-state index contributed by atoms with van der Waals surface area (Å²) < 4.78 is 10.3. The molecule has 1 aliphatic carbocycles. The van der Waals surface area contributed by atoms with E-state index in [-0.39, 0.29) is 12.6 Å². The van der Waals surface area contributed by atoms with Crippen LogP contribution in [-0.2, 0) is 16.1 Å². The zero-order valence-electron chi connectivity index (χ0n) is 12.7. The highest BCUT2D eigenvalue weighted by Crippen LogP contribution is 2.35. The molecule has 1 saturated carbocycles. The van der Waals surface area contributed by atoms with Crippen LogP contribution in [0.5, 0.6) is 0 Å². The molecule has 0 aliphatic heterocycles. The topological polar surface area (TPSA) is 65.2 Å². The van der Waals surface area contributed by atoms with Crippen LogP contribution in [0.2, 0.25) is 0 Å². The van der Waals surface area contributed by atoms with Gasteiger partial charge < -0.3 is 9.26 Å². The van der Waals surface area contributed by atoms with Crippen LogP contribution in [-0.4, -0.2) is 16.1 Å².